The molecule has 8 heteroatoms. The molecule has 6 aromatic heterocycles. The van der Waals surface area contributed by atoms with E-state index in [0.29, 0.717) is 0 Å². The lowest BCUT2D eigenvalue weighted by Gasteiger charge is -2.05. The second-order valence-electron chi connectivity index (χ2n) is 11.0. The topological polar surface area (TPSA) is 77.6 Å². The number of benzene rings is 1. The zero-order valence-electron chi connectivity index (χ0n) is 24.2. The molecule has 0 unspecified atom stereocenters. The van der Waals surface area contributed by atoms with E-state index in [4.69, 9.17) is 9.97 Å². The summed E-state index contributed by atoms with van der Waals surface area (Å²) in [5.41, 5.74) is 12.5. The number of phenols is 1. The maximum atomic E-state index is 10.1. The summed E-state index contributed by atoms with van der Waals surface area (Å²) in [6, 6.07) is 28.6. The monoisotopic (exact) mass is 648 g/mol. The fourth-order valence-electron chi connectivity index (χ4n) is 6.18. The van der Waals surface area contributed by atoms with Gasteiger partial charge in [-0.25, -0.2) is 9.97 Å². The Morgan fingerprint density at radius 3 is 1.17 bits per heavy atom. The van der Waals surface area contributed by atoms with Crippen LogP contribution in [0, 0.1) is 0 Å². The number of thiophene rings is 3. The lowest BCUT2D eigenvalue weighted by molar-refractivity contribution is 0.475. The number of aromatic amines is 2. The second kappa shape index (κ2) is 11.0. The van der Waals surface area contributed by atoms with E-state index in [0.717, 1.165) is 87.3 Å². The smallest absolute Gasteiger partial charge is 0.115 e. The summed E-state index contributed by atoms with van der Waals surface area (Å²) in [6.45, 7) is 0. The maximum absolute atomic E-state index is 10.1. The van der Waals surface area contributed by atoms with Gasteiger partial charge in [-0.3, -0.25) is 0 Å². The summed E-state index contributed by atoms with van der Waals surface area (Å²) < 4.78 is 0. The van der Waals surface area contributed by atoms with E-state index in [2.05, 4.69) is 111 Å². The van der Waals surface area contributed by atoms with Crippen molar-refractivity contribution < 1.29 is 5.11 Å². The van der Waals surface area contributed by atoms with Gasteiger partial charge in [0.05, 0.1) is 22.8 Å². The molecule has 3 N–H and O–H groups in total. The first-order chi connectivity index (χ1) is 22.7. The van der Waals surface area contributed by atoms with Gasteiger partial charge in [-0.2, -0.15) is 0 Å². The van der Waals surface area contributed by atoms with E-state index in [9.17, 15) is 5.11 Å². The van der Waals surface area contributed by atoms with Crippen molar-refractivity contribution in [3.63, 3.8) is 0 Å². The van der Waals surface area contributed by atoms with Crippen LogP contribution in [0.25, 0.3) is 88.8 Å². The molecule has 1 aromatic carbocycles. The average molecular weight is 649 g/mol. The molecule has 2 aliphatic rings. The van der Waals surface area contributed by atoms with Crippen LogP contribution in [0.1, 0.15) is 22.8 Å². The van der Waals surface area contributed by atoms with Crippen LogP contribution in [0.15, 0.2) is 101 Å². The standard InChI is InChI=1S/C38H24N4OS3/c43-23-9-7-22(8-10-23)35-24-11-13-26(39-24)36(32-4-1-19-44-32)28-15-17-30(41-28)38(34-6-3-21-46-34)31-18-16-29(42-31)37(33-5-2-20-45-33)27-14-12-25(35)40-27/h1-21,39,42-43H. The minimum atomic E-state index is 0.224. The molecular formula is C38H24N4OS3. The van der Waals surface area contributed by atoms with Crippen molar-refractivity contribution >= 4 is 80.4 Å². The average Bonchev–Trinajstić information content (AvgIpc) is 3.91. The Morgan fingerprint density at radius 2 is 0.804 bits per heavy atom. The van der Waals surface area contributed by atoms with Crippen LogP contribution in [0.5, 0.6) is 5.75 Å². The quantitative estimate of drug-likeness (QED) is 0.178. The van der Waals surface area contributed by atoms with Gasteiger partial charge in [-0.1, -0.05) is 30.3 Å². The molecule has 9 rings (SSSR count). The van der Waals surface area contributed by atoms with Crippen molar-refractivity contribution in [2.24, 2.45) is 0 Å². The molecule has 0 saturated heterocycles. The summed E-state index contributed by atoms with van der Waals surface area (Å²) in [5, 5.41) is 16.4. The Hall–Kier alpha value is -5.28. The highest BCUT2D eigenvalue weighted by molar-refractivity contribution is 7.14. The third-order valence-corrected chi connectivity index (χ3v) is 10.9. The summed E-state index contributed by atoms with van der Waals surface area (Å²) in [5.74, 6) is 0.224. The van der Waals surface area contributed by atoms with Gasteiger partial charge in [0.25, 0.3) is 0 Å². The Morgan fingerprint density at radius 1 is 0.435 bits per heavy atom. The number of phenolic OH excluding ortho intramolecular Hbond substituents is 1. The van der Waals surface area contributed by atoms with Gasteiger partial charge >= 0.3 is 0 Å². The van der Waals surface area contributed by atoms with Gasteiger partial charge in [0.15, 0.2) is 0 Å². The number of hydrogen-bond acceptors (Lipinski definition) is 6. The SMILES string of the molecule is Oc1ccc(-c2c3nc(c(-c4cccs4)c4ccc([nH]4)c(-c4cccs4)c4nc(c(-c5cccs5)c5ccc2[nH]5)C=C4)C=C3)cc1. The molecule has 220 valence electrons. The summed E-state index contributed by atoms with van der Waals surface area (Å²) >= 11 is 5.11. The predicted octanol–water partition coefficient (Wildman–Crippen LogP) is 11.2. The number of H-pyrrole nitrogens is 2. The molecule has 5 nitrogen and oxygen atoms in total. The first kappa shape index (κ1) is 27.1. The van der Waals surface area contributed by atoms with Crippen molar-refractivity contribution in [2.75, 3.05) is 0 Å². The van der Waals surface area contributed by atoms with Gasteiger partial charge in [-0.05, 0) is 101 Å². The number of nitrogens with one attached hydrogen (secondary N) is 2. The Balaban J connectivity index is 1.48. The molecule has 0 radical (unpaired) electrons. The highest BCUT2D eigenvalue weighted by Crippen LogP contribution is 2.40. The molecule has 0 aliphatic carbocycles. The maximum Gasteiger partial charge on any atom is 0.115 e. The van der Waals surface area contributed by atoms with Gasteiger partial charge in [0.2, 0.25) is 0 Å². The molecule has 0 atom stereocenters. The molecule has 0 spiro atoms. The van der Waals surface area contributed by atoms with Crippen LogP contribution >= 0.6 is 34.0 Å². The van der Waals surface area contributed by atoms with Crippen LogP contribution in [0.4, 0.5) is 0 Å². The van der Waals surface area contributed by atoms with Crippen LogP contribution in [0.3, 0.4) is 0 Å². The van der Waals surface area contributed by atoms with Crippen LogP contribution in [-0.2, 0) is 0 Å². The number of hydrogen-bond donors (Lipinski definition) is 3. The minimum absolute atomic E-state index is 0.224. The van der Waals surface area contributed by atoms with Gasteiger partial charge in [0, 0.05) is 59.0 Å². The normalized spacial score (nSPS) is 12.3. The molecule has 0 saturated carbocycles. The Labute approximate surface area is 276 Å². The van der Waals surface area contributed by atoms with Crippen LogP contribution in [-0.4, -0.2) is 25.0 Å². The molecule has 7 aromatic rings. The Bertz CT molecular complexity index is 2430. The van der Waals surface area contributed by atoms with E-state index in [1.165, 1.54) is 0 Å². The van der Waals surface area contributed by atoms with Crippen molar-refractivity contribution in [1.82, 2.24) is 19.9 Å². The second-order valence-corrected chi connectivity index (χ2v) is 13.8. The molecule has 8 bridgehead atoms. The number of rotatable bonds is 4. The summed E-state index contributed by atoms with van der Waals surface area (Å²) in [4.78, 5) is 21.5. The first-order valence-corrected chi connectivity index (χ1v) is 17.4. The number of aromatic nitrogens is 4. The molecule has 0 fully saturated rings. The number of fused-ring (bicyclic) bond motifs is 8. The van der Waals surface area contributed by atoms with Gasteiger partial charge in [0.1, 0.15) is 5.75 Å². The fourth-order valence-corrected chi connectivity index (χ4v) is 8.56. The highest BCUT2D eigenvalue weighted by Gasteiger charge is 2.19. The minimum Gasteiger partial charge on any atom is -0.508 e. The van der Waals surface area contributed by atoms with E-state index in [1.807, 2.05) is 12.1 Å². The van der Waals surface area contributed by atoms with E-state index in [-0.39, 0.29) is 5.75 Å². The predicted molar refractivity (Wildman–Crippen MR) is 196 cm³/mol. The van der Waals surface area contributed by atoms with E-state index in [1.54, 1.807) is 46.1 Å². The fraction of sp³-hybridized carbons (Fsp3) is 0. The number of nitrogens with zero attached hydrogens (tertiary/aromatic N) is 2. The first-order valence-electron chi connectivity index (χ1n) is 14.8. The highest BCUT2D eigenvalue weighted by atomic mass is 32.1. The zero-order chi connectivity index (χ0) is 30.6. The van der Waals surface area contributed by atoms with E-state index < -0.39 is 0 Å². The lowest BCUT2D eigenvalue weighted by Crippen LogP contribution is -1.88. The van der Waals surface area contributed by atoms with Crippen molar-refractivity contribution in [2.45, 2.75) is 0 Å². The number of aromatic hydroxyl groups is 1. The molecule has 2 aliphatic heterocycles. The van der Waals surface area contributed by atoms with Crippen LogP contribution < -0.4 is 0 Å². The molecule has 8 heterocycles. The third kappa shape index (κ3) is 4.58. The molecule has 0 amide bonds. The van der Waals surface area contributed by atoms with E-state index >= 15 is 0 Å². The van der Waals surface area contributed by atoms with Gasteiger partial charge < -0.3 is 15.1 Å². The largest absolute Gasteiger partial charge is 0.508 e. The van der Waals surface area contributed by atoms with Crippen molar-refractivity contribution in [3.8, 4) is 48.2 Å². The van der Waals surface area contributed by atoms with Crippen molar-refractivity contribution in [3.05, 3.63) is 124 Å². The molecular weight excluding hydrogens is 625 g/mol. The van der Waals surface area contributed by atoms with Gasteiger partial charge in [-0.15, -0.1) is 34.0 Å². The van der Waals surface area contributed by atoms with Crippen LogP contribution in [0.2, 0.25) is 0 Å². The third-order valence-electron chi connectivity index (χ3n) is 8.21. The molecule has 46 heavy (non-hydrogen) atoms. The Kier molecular flexibility index (Phi) is 6.45. The zero-order valence-corrected chi connectivity index (χ0v) is 26.6. The summed E-state index contributed by atoms with van der Waals surface area (Å²) in [6.07, 6.45) is 8.44. The lowest BCUT2D eigenvalue weighted by atomic mass is 10.0. The summed E-state index contributed by atoms with van der Waals surface area (Å²) in [7, 11) is 0. The van der Waals surface area contributed by atoms with Crippen molar-refractivity contribution in [1.29, 1.82) is 0 Å².